The quantitative estimate of drug-likeness (QED) is 0.863. The standard InChI is InChI=1S/C16H21N3/c1-19(2)15-10-8-13(9-11-15)16(12-17)18-14-6-4-3-5-7-14/h3-11,16,18H,12,17H2,1-2H3. The van der Waals surface area contributed by atoms with E-state index in [0.29, 0.717) is 6.54 Å². The third-order valence-corrected chi connectivity index (χ3v) is 3.16. The van der Waals surface area contributed by atoms with Gasteiger partial charge in [0.15, 0.2) is 0 Å². The third-order valence-electron chi connectivity index (χ3n) is 3.16. The molecule has 1 atom stereocenters. The Labute approximate surface area is 115 Å². The Kier molecular flexibility index (Phi) is 4.42. The molecule has 0 saturated heterocycles. The van der Waals surface area contributed by atoms with Crippen LogP contribution in [0, 0.1) is 0 Å². The molecule has 0 fully saturated rings. The SMILES string of the molecule is CN(C)c1ccc(C(CN)Nc2ccccc2)cc1. The summed E-state index contributed by atoms with van der Waals surface area (Å²) in [7, 11) is 4.08. The molecule has 2 aromatic carbocycles. The van der Waals surface area contributed by atoms with Gasteiger partial charge < -0.3 is 16.0 Å². The number of rotatable bonds is 5. The summed E-state index contributed by atoms with van der Waals surface area (Å²) < 4.78 is 0. The van der Waals surface area contributed by atoms with Gasteiger partial charge >= 0.3 is 0 Å². The number of para-hydroxylation sites is 1. The average Bonchev–Trinajstić information content (AvgIpc) is 2.46. The van der Waals surface area contributed by atoms with Crippen LogP contribution in [0.2, 0.25) is 0 Å². The number of nitrogens with zero attached hydrogens (tertiary/aromatic N) is 1. The number of anilines is 2. The molecule has 0 aliphatic heterocycles. The van der Waals surface area contributed by atoms with Crippen molar-refractivity contribution in [3.63, 3.8) is 0 Å². The number of hydrogen-bond acceptors (Lipinski definition) is 3. The topological polar surface area (TPSA) is 41.3 Å². The van der Waals surface area contributed by atoms with Crippen LogP contribution in [0.5, 0.6) is 0 Å². The molecule has 0 aliphatic carbocycles. The van der Waals surface area contributed by atoms with Gasteiger partial charge in [0.2, 0.25) is 0 Å². The summed E-state index contributed by atoms with van der Waals surface area (Å²) in [6.45, 7) is 0.566. The molecular weight excluding hydrogens is 234 g/mol. The molecule has 100 valence electrons. The Bertz CT molecular complexity index is 491. The lowest BCUT2D eigenvalue weighted by Crippen LogP contribution is -2.20. The summed E-state index contributed by atoms with van der Waals surface area (Å²) in [5.74, 6) is 0. The summed E-state index contributed by atoms with van der Waals surface area (Å²) in [5.41, 5.74) is 9.37. The highest BCUT2D eigenvalue weighted by atomic mass is 15.1. The van der Waals surface area contributed by atoms with Gasteiger partial charge in [0.1, 0.15) is 0 Å². The maximum atomic E-state index is 5.88. The first-order valence-corrected chi connectivity index (χ1v) is 6.49. The lowest BCUT2D eigenvalue weighted by atomic mass is 10.1. The Morgan fingerprint density at radius 2 is 1.63 bits per heavy atom. The number of nitrogens with one attached hydrogen (secondary N) is 1. The van der Waals surface area contributed by atoms with Crippen molar-refractivity contribution in [3.8, 4) is 0 Å². The molecular formula is C16H21N3. The van der Waals surface area contributed by atoms with Crippen molar-refractivity contribution in [1.29, 1.82) is 0 Å². The van der Waals surface area contributed by atoms with E-state index in [1.165, 1.54) is 11.3 Å². The molecule has 3 N–H and O–H groups in total. The van der Waals surface area contributed by atoms with Crippen LogP contribution in [-0.2, 0) is 0 Å². The van der Waals surface area contributed by atoms with Gasteiger partial charge in [-0.3, -0.25) is 0 Å². The minimum Gasteiger partial charge on any atom is -0.378 e. The molecule has 1 unspecified atom stereocenters. The van der Waals surface area contributed by atoms with E-state index in [0.717, 1.165) is 5.69 Å². The van der Waals surface area contributed by atoms with Gasteiger partial charge in [0.25, 0.3) is 0 Å². The van der Waals surface area contributed by atoms with Crippen LogP contribution in [0.1, 0.15) is 11.6 Å². The van der Waals surface area contributed by atoms with Crippen molar-refractivity contribution >= 4 is 11.4 Å². The first-order valence-electron chi connectivity index (χ1n) is 6.49. The molecule has 19 heavy (non-hydrogen) atoms. The second-order valence-electron chi connectivity index (χ2n) is 4.78. The summed E-state index contributed by atoms with van der Waals surface area (Å²) in [4.78, 5) is 2.09. The summed E-state index contributed by atoms with van der Waals surface area (Å²) in [5, 5.41) is 3.46. The molecule has 0 aliphatic rings. The smallest absolute Gasteiger partial charge is 0.0636 e. The minimum atomic E-state index is 0.138. The maximum Gasteiger partial charge on any atom is 0.0636 e. The van der Waals surface area contributed by atoms with Crippen molar-refractivity contribution in [2.45, 2.75) is 6.04 Å². The lowest BCUT2D eigenvalue weighted by Gasteiger charge is -2.20. The zero-order valence-electron chi connectivity index (χ0n) is 11.5. The normalized spacial score (nSPS) is 11.9. The van der Waals surface area contributed by atoms with Gasteiger partial charge in [0, 0.05) is 32.0 Å². The Hall–Kier alpha value is -2.00. The van der Waals surface area contributed by atoms with Gasteiger partial charge in [-0.05, 0) is 29.8 Å². The van der Waals surface area contributed by atoms with E-state index >= 15 is 0 Å². The lowest BCUT2D eigenvalue weighted by molar-refractivity contribution is 0.790. The van der Waals surface area contributed by atoms with E-state index in [2.05, 4.69) is 46.6 Å². The molecule has 3 nitrogen and oxygen atoms in total. The fraction of sp³-hybridized carbons (Fsp3) is 0.250. The Morgan fingerprint density at radius 1 is 1.00 bits per heavy atom. The number of nitrogens with two attached hydrogens (primary N) is 1. The molecule has 0 saturated carbocycles. The molecule has 2 aromatic rings. The summed E-state index contributed by atoms with van der Waals surface area (Å²) >= 11 is 0. The van der Waals surface area contributed by atoms with Crippen LogP contribution in [0.4, 0.5) is 11.4 Å². The van der Waals surface area contributed by atoms with Crippen LogP contribution in [0.25, 0.3) is 0 Å². The molecule has 0 spiro atoms. The third kappa shape index (κ3) is 3.48. The number of hydrogen-bond donors (Lipinski definition) is 2. The molecule has 2 rings (SSSR count). The van der Waals surface area contributed by atoms with E-state index in [1.54, 1.807) is 0 Å². The van der Waals surface area contributed by atoms with Gasteiger partial charge in [-0.1, -0.05) is 30.3 Å². The van der Waals surface area contributed by atoms with E-state index in [1.807, 2.05) is 32.3 Å². The highest BCUT2D eigenvalue weighted by Gasteiger charge is 2.09. The highest BCUT2D eigenvalue weighted by Crippen LogP contribution is 2.21. The second kappa shape index (κ2) is 6.25. The van der Waals surface area contributed by atoms with Gasteiger partial charge in [-0.15, -0.1) is 0 Å². The predicted octanol–water partition coefficient (Wildman–Crippen LogP) is 2.86. The van der Waals surface area contributed by atoms with E-state index in [9.17, 15) is 0 Å². The Morgan fingerprint density at radius 3 is 2.16 bits per heavy atom. The minimum absolute atomic E-state index is 0.138. The van der Waals surface area contributed by atoms with Crippen molar-refractivity contribution < 1.29 is 0 Å². The van der Waals surface area contributed by atoms with E-state index in [-0.39, 0.29) is 6.04 Å². The van der Waals surface area contributed by atoms with Crippen molar-refractivity contribution in [2.24, 2.45) is 5.73 Å². The fourth-order valence-electron chi connectivity index (χ4n) is 2.02. The van der Waals surface area contributed by atoms with Crippen LogP contribution in [0.15, 0.2) is 54.6 Å². The monoisotopic (exact) mass is 255 g/mol. The van der Waals surface area contributed by atoms with Crippen LogP contribution >= 0.6 is 0 Å². The summed E-state index contributed by atoms with van der Waals surface area (Å²) in [6.07, 6.45) is 0. The van der Waals surface area contributed by atoms with Crippen LogP contribution in [0.3, 0.4) is 0 Å². The van der Waals surface area contributed by atoms with Gasteiger partial charge in [-0.2, -0.15) is 0 Å². The molecule has 0 bridgehead atoms. The zero-order valence-corrected chi connectivity index (χ0v) is 11.5. The molecule has 0 heterocycles. The van der Waals surface area contributed by atoms with E-state index < -0.39 is 0 Å². The molecule has 0 aromatic heterocycles. The zero-order chi connectivity index (χ0) is 13.7. The van der Waals surface area contributed by atoms with Crippen molar-refractivity contribution in [1.82, 2.24) is 0 Å². The fourth-order valence-corrected chi connectivity index (χ4v) is 2.02. The Balaban J connectivity index is 2.13. The van der Waals surface area contributed by atoms with Crippen LogP contribution < -0.4 is 16.0 Å². The van der Waals surface area contributed by atoms with E-state index in [4.69, 9.17) is 5.73 Å². The molecule has 3 heteroatoms. The first-order chi connectivity index (χ1) is 9.20. The summed E-state index contributed by atoms with van der Waals surface area (Å²) in [6, 6.07) is 18.8. The molecule has 0 radical (unpaired) electrons. The maximum absolute atomic E-state index is 5.88. The van der Waals surface area contributed by atoms with Crippen molar-refractivity contribution in [2.75, 3.05) is 30.9 Å². The first kappa shape index (κ1) is 13.4. The highest BCUT2D eigenvalue weighted by molar-refractivity contribution is 5.49. The number of benzene rings is 2. The van der Waals surface area contributed by atoms with Gasteiger partial charge in [-0.25, -0.2) is 0 Å². The second-order valence-corrected chi connectivity index (χ2v) is 4.78. The van der Waals surface area contributed by atoms with Crippen molar-refractivity contribution in [3.05, 3.63) is 60.2 Å². The predicted molar refractivity (Wildman–Crippen MR) is 82.6 cm³/mol. The molecule has 0 amide bonds. The largest absolute Gasteiger partial charge is 0.378 e. The van der Waals surface area contributed by atoms with Crippen LogP contribution in [-0.4, -0.2) is 20.6 Å². The van der Waals surface area contributed by atoms with Gasteiger partial charge in [0.05, 0.1) is 6.04 Å². The average molecular weight is 255 g/mol.